The lowest BCUT2D eigenvalue weighted by Gasteiger charge is -2.16. The summed E-state index contributed by atoms with van der Waals surface area (Å²) in [5.74, 6) is 1.27. The SMILES string of the molecule is CC(C[O])CC(C)CC(Cl)CCl. The van der Waals surface area contributed by atoms with Crippen molar-refractivity contribution < 1.29 is 5.11 Å². The number of hydrogen-bond donors (Lipinski definition) is 0. The second-order valence-electron chi connectivity index (χ2n) is 3.60. The number of halogens is 2. The summed E-state index contributed by atoms with van der Waals surface area (Å²) < 4.78 is 0. The van der Waals surface area contributed by atoms with Gasteiger partial charge in [0.05, 0.1) is 6.61 Å². The maximum absolute atomic E-state index is 10.5. The fourth-order valence-electron chi connectivity index (χ4n) is 1.35. The van der Waals surface area contributed by atoms with Crippen LogP contribution in [0, 0.1) is 11.8 Å². The highest BCUT2D eigenvalue weighted by molar-refractivity contribution is 6.28. The third-order valence-electron chi connectivity index (χ3n) is 1.91. The Morgan fingerprint density at radius 3 is 2.17 bits per heavy atom. The Bertz CT molecular complexity index is 96.7. The molecule has 0 aliphatic carbocycles. The second kappa shape index (κ2) is 6.99. The zero-order chi connectivity index (χ0) is 9.56. The van der Waals surface area contributed by atoms with Gasteiger partial charge in [0.2, 0.25) is 0 Å². The van der Waals surface area contributed by atoms with E-state index in [0.717, 1.165) is 12.8 Å². The molecule has 0 fully saturated rings. The van der Waals surface area contributed by atoms with E-state index in [1.165, 1.54) is 0 Å². The van der Waals surface area contributed by atoms with Crippen molar-refractivity contribution >= 4 is 23.2 Å². The molecule has 0 saturated carbocycles. The van der Waals surface area contributed by atoms with Crippen molar-refractivity contribution in [3.8, 4) is 0 Å². The van der Waals surface area contributed by atoms with Gasteiger partial charge in [0, 0.05) is 11.3 Å². The standard InChI is InChI=1S/C9H17Cl2O/c1-7(3-8(2)6-12)4-9(11)5-10/h7-9H,3-6H2,1-2H3. The topological polar surface area (TPSA) is 19.9 Å². The predicted octanol–water partition coefficient (Wildman–Crippen LogP) is 3.32. The van der Waals surface area contributed by atoms with Gasteiger partial charge in [-0.25, -0.2) is 5.11 Å². The minimum Gasteiger partial charge on any atom is -0.236 e. The highest BCUT2D eigenvalue weighted by Crippen LogP contribution is 2.19. The van der Waals surface area contributed by atoms with Gasteiger partial charge in [-0.1, -0.05) is 13.8 Å². The van der Waals surface area contributed by atoms with Crippen molar-refractivity contribution in [2.45, 2.75) is 32.1 Å². The molecule has 1 nitrogen and oxygen atoms in total. The van der Waals surface area contributed by atoms with Crippen LogP contribution in [0.15, 0.2) is 0 Å². The number of hydrogen-bond acceptors (Lipinski definition) is 0. The van der Waals surface area contributed by atoms with Crippen LogP contribution < -0.4 is 0 Å². The molecule has 0 aromatic rings. The van der Waals surface area contributed by atoms with Crippen LogP contribution in [0.5, 0.6) is 0 Å². The molecule has 0 heterocycles. The lowest BCUT2D eigenvalue weighted by atomic mass is 9.94. The van der Waals surface area contributed by atoms with E-state index in [1.54, 1.807) is 0 Å². The average molecular weight is 212 g/mol. The Morgan fingerprint density at radius 2 is 1.75 bits per heavy atom. The van der Waals surface area contributed by atoms with Crippen LogP contribution in [0.25, 0.3) is 0 Å². The van der Waals surface area contributed by atoms with Gasteiger partial charge in [-0.15, -0.1) is 23.2 Å². The minimum absolute atomic E-state index is 0.0121. The van der Waals surface area contributed by atoms with Crippen molar-refractivity contribution in [2.75, 3.05) is 12.5 Å². The Balaban J connectivity index is 3.51. The first-order valence-corrected chi connectivity index (χ1v) is 5.35. The molecule has 0 amide bonds. The molecule has 0 aromatic heterocycles. The highest BCUT2D eigenvalue weighted by Gasteiger charge is 2.12. The first kappa shape index (κ1) is 12.5. The molecule has 0 aromatic carbocycles. The highest BCUT2D eigenvalue weighted by atomic mass is 35.5. The van der Waals surface area contributed by atoms with Gasteiger partial charge in [-0.3, -0.25) is 0 Å². The number of rotatable bonds is 6. The molecule has 0 rings (SSSR count). The molecule has 1 radical (unpaired) electrons. The lowest BCUT2D eigenvalue weighted by Crippen LogP contribution is -2.12. The molecule has 0 N–H and O–H groups in total. The quantitative estimate of drug-likeness (QED) is 0.602. The van der Waals surface area contributed by atoms with Gasteiger partial charge in [-0.2, -0.15) is 0 Å². The van der Waals surface area contributed by atoms with Crippen LogP contribution in [-0.4, -0.2) is 17.9 Å². The summed E-state index contributed by atoms with van der Waals surface area (Å²) in [6, 6.07) is 0. The summed E-state index contributed by atoms with van der Waals surface area (Å²) in [6.07, 6.45) is 1.87. The fourth-order valence-corrected chi connectivity index (χ4v) is 1.78. The Kier molecular flexibility index (Phi) is 7.31. The molecule has 3 atom stereocenters. The van der Waals surface area contributed by atoms with Gasteiger partial charge in [0.15, 0.2) is 0 Å². The van der Waals surface area contributed by atoms with E-state index in [4.69, 9.17) is 23.2 Å². The van der Waals surface area contributed by atoms with Gasteiger partial charge >= 0.3 is 0 Å². The van der Waals surface area contributed by atoms with Crippen molar-refractivity contribution in [1.82, 2.24) is 0 Å². The average Bonchev–Trinajstić information content (AvgIpc) is 2.03. The van der Waals surface area contributed by atoms with Crippen LogP contribution in [0.4, 0.5) is 0 Å². The zero-order valence-electron chi connectivity index (χ0n) is 7.72. The van der Waals surface area contributed by atoms with Crippen molar-refractivity contribution in [3.05, 3.63) is 0 Å². The summed E-state index contributed by atoms with van der Waals surface area (Å²) >= 11 is 11.4. The normalized spacial score (nSPS) is 18.8. The summed E-state index contributed by atoms with van der Waals surface area (Å²) in [6.45, 7) is 4.11. The van der Waals surface area contributed by atoms with Crippen LogP contribution in [-0.2, 0) is 5.11 Å². The first-order valence-electron chi connectivity index (χ1n) is 4.38. The third kappa shape index (κ3) is 6.10. The van der Waals surface area contributed by atoms with Gasteiger partial charge in [0.1, 0.15) is 0 Å². The first-order chi connectivity index (χ1) is 5.60. The smallest absolute Gasteiger partial charge is 0.0847 e. The summed E-state index contributed by atoms with van der Waals surface area (Å²) in [5.41, 5.74) is 0. The Hall–Kier alpha value is 0.540. The molecule has 73 valence electrons. The van der Waals surface area contributed by atoms with Crippen molar-refractivity contribution in [3.63, 3.8) is 0 Å². The van der Waals surface area contributed by atoms with Crippen molar-refractivity contribution in [1.29, 1.82) is 0 Å². The predicted molar refractivity (Wildman–Crippen MR) is 53.5 cm³/mol. The minimum atomic E-state index is 0.0121. The van der Waals surface area contributed by atoms with Crippen LogP contribution in [0.3, 0.4) is 0 Å². The van der Waals surface area contributed by atoms with Gasteiger partial charge < -0.3 is 0 Å². The van der Waals surface area contributed by atoms with Crippen LogP contribution in [0.1, 0.15) is 26.7 Å². The van der Waals surface area contributed by atoms with E-state index in [9.17, 15) is 5.11 Å². The van der Waals surface area contributed by atoms with E-state index >= 15 is 0 Å². The molecule has 12 heavy (non-hydrogen) atoms. The number of alkyl halides is 2. The van der Waals surface area contributed by atoms with Crippen LogP contribution in [0.2, 0.25) is 0 Å². The van der Waals surface area contributed by atoms with Gasteiger partial charge in [-0.05, 0) is 24.7 Å². The van der Waals surface area contributed by atoms with Gasteiger partial charge in [0.25, 0.3) is 0 Å². The maximum atomic E-state index is 10.5. The van der Waals surface area contributed by atoms with Crippen molar-refractivity contribution in [2.24, 2.45) is 11.8 Å². The summed E-state index contributed by atoms with van der Waals surface area (Å²) in [4.78, 5) is 0. The summed E-state index contributed by atoms with van der Waals surface area (Å²) in [5, 5.41) is 10.5. The molecule has 0 bridgehead atoms. The molecule has 0 aliphatic rings. The molecule has 0 saturated heterocycles. The monoisotopic (exact) mass is 211 g/mol. The van der Waals surface area contributed by atoms with E-state index in [-0.39, 0.29) is 17.9 Å². The van der Waals surface area contributed by atoms with E-state index in [2.05, 4.69) is 6.92 Å². The largest absolute Gasteiger partial charge is 0.236 e. The molecule has 3 unspecified atom stereocenters. The van der Waals surface area contributed by atoms with E-state index < -0.39 is 0 Å². The van der Waals surface area contributed by atoms with E-state index in [1.807, 2.05) is 6.92 Å². The summed E-state index contributed by atoms with van der Waals surface area (Å²) in [7, 11) is 0. The Morgan fingerprint density at radius 1 is 1.17 bits per heavy atom. The molecule has 3 heteroatoms. The molecular weight excluding hydrogens is 195 g/mol. The van der Waals surface area contributed by atoms with Crippen LogP contribution >= 0.6 is 23.2 Å². The zero-order valence-corrected chi connectivity index (χ0v) is 9.24. The molecular formula is C9H17Cl2O. The Labute approximate surface area is 85.1 Å². The second-order valence-corrected chi connectivity index (χ2v) is 4.53. The lowest BCUT2D eigenvalue weighted by molar-refractivity contribution is 0.137. The molecule has 0 spiro atoms. The maximum Gasteiger partial charge on any atom is 0.0847 e. The molecule has 0 aliphatic heterocycles. The third-order valence-corrected chi connectivity index (χ3v) is 2.78. The van der Waals surface area contributed by atoms with E-state index in [0.29, 0.717) is 11.8 Å². The fraction of sp³-hybridized carbons (Fsp3) is 1.00.